The number of carbonyl (C=O) groups is 2. The van der Waals surface area contributed by atoms with Gasteiger partial charge in [0.15, 0.2) is 0 Å². The molecular weight excluding hydrogens is 601 g/mol. The maximum atomic E-state index is 14.0. The first-order chi connectivity index (χ1) is 21.0. The largest absolute Gasteiger partial charge is 0.352 e. The summed E-state index contributed by atoms with van der Waals surface area (Å²) in [4.78, 5) is 29.5. The molecule has 1 unspecified atom stereocenters. The van der Waals surface area contributed by atoms with Crippen LogP contribution in [0.25, 0.3) is 0 Å². The van der Waals surface area contributed by atoms with Crippen LogP contribution >= 0.6 is 11.6 Å². The van der Waals surface area contributed by atoms with E-state index in [1.807, 2.05) is 30.3 Å². The molecule has 1 aliphatic rings. The first-order valence-electron chi connectivity index (χ1n) is 15.1. The predicted octanol–water partition coefficient (Wildman–Crippen LogP) is 6.42. The number of amides is 2. The predicted molar refractivity (Wildman–Crippen MR) is 174 cm³/mol. The molecule has 1 fully saturated rings. The molecule has 1 N–H and O–H groups in total. The van der Waals surface area contributed by atoms with Crippen molar-refractivity contribution in [2.45, 2.75) is 76.9 Å². The molecule has 1 saturated carbocycles. The summed E-state index contributed by atoms with van der Waals surface area (Å²) in [5, 5.41) is 3.65. The Bertz CT molecular complexity index is 1510. The van der Waals surface area contributed by atoms with Gasteiger partial charge < -0.3 is 10.2 Å². The second-order valence-electron chi connectivity index (χ2n) is 11.5. The number of halogens is 2. The average molecular weight is 642 g/mol. The van der Waals surface area contributed by atoms with Crippen molar-refractivity contribution in [3.05, 3.63) is 100 Å². The first kappa shape index (κ1) is 33.5. The van der Waals surface area contributed by atoms with Crippen LogP contribution in [0, 0.1) is 12.7 Å². The van der Waals surface area contributed by atoms with Crippen LogP contribution < -0.4 is 9.62 Å². The molecule has 0 radical (unpaired) electrons. The molecule has 44 heavy (non-hydrogen) atoms. The van der Waals surface area contributed by atoms with Crippen molar-refractivity contribution in [1.82, 2.24) is 10.2 Å². The molecule has 236 valence electrons. The van der Waals surface area contributed by atoms with Gasteiger partial charge in [-0.3, -0.25) is 13.9 Å². The molecule has 0 spiro atoms. The summed E-state index contributed by atoms with van der Waals surface area (Å²) in [7, 11) is -3.66. The van der Waals surface area contributed by atoms with Gasteiger partial charge in [0.1, 0.15) is 11.9 Å². The molecule has 0 bridgehead atoms. The van der Waals surface area contributed by atoms with E-state index in [2.05, 4.69) is 5.32 Å². The topological polar surface area (TPSA) is 86.8 Å². The van der Waals surface area contributed by atoms with Gasteiger partial charge in [0.2, 0.25) is 21.8 Å². The smallest absolute Gasteiger partial charge is 0.243 e. The van der Waals surface area contributed by atoms with Crippen molar-refractivity contribution >= 4 is 39.1 Å². The third-order valence-corrected chi connectivity index (χ3v) is 9.74. The number of sulfonamides is 1. The van der Waals surface area contributed by atoms with E-state index in [0.717, 1.165) is 43.9 Å². The summed E-state index contributed by atoms with van der Waals surface area (Å²) in [5.74, 6) is -0.895. The van der Waals surface area contributed by atoms with E-state index in [9.17, 15) is 22.4 Å². The van der Waals surface area contributed by atoms with Crippen molar-refractivity contribution in [2.75, 3.05) is 17.1 Å². The van der Waals surface area contributed by atoms with Crippen LogP contribution in [0.1, 0.15) is 61.6 Å². The molecule has 7 nitrogen and oxygen atoms in total. The summed E-state index contributed by atoms with van der Waals surface area (Å²) in [6.45, 7) is 1.93. The van der Waals surface area contributed by atoms with E-state index >= 15 is 0 Å². The molecule has 1 atom stereocenters. The lowest BCUT2D eigenvalue weighted by Crippen LogP contribution is -2.52. The number of benzene rings is 3. The van der Waals surface area contributed by atoms with Crippen molar-refractivity contribution in [3.63, 3.8) is 0 Å². The fourth-order valence-electron chi connectivity index (χ4n) is 5.73. The number of carbonyl (C=O) groups excluding carboxylic acids is 2. The standard InChI is InChI=1S/C34H41ClFN3O4S/c1-25-30(35)15-9-16-31(25)39(44(2,42)43)22-10-17-33(40)38(24-27-18-20-28(36)21-19-27)32(23-26-11-5-3-6-12-26)34(41)37-29-13-7-4-8-14-29/h3,5-6,9,11-12,15-16,18-21,29,32H,4,7-8,10,13-14,17,22-24H2,1-2H3,(H,37,41). The van der Waals surface area contributed by atoms with E-state index in [1.165, 1.54) is 16.4 Å². The number of anilines is 1. The normalized spacial score (nSPS) is 14.5. The zero-order chi connectivity index (χ0) is 31.7. The van der Waals surface area contributed by atoms with E-state index < -0.39 is 16.1 Å². The minimum atomic E-state index is -3.66. The summed E-state index contributed by atoms with van der Waals surface area (Å²) in [6, 6.07) is 19.8. The van der Waals surface area contributed by atoms with Gasteiger partial charge in [-0.2, -0.15) is 0 Å². The first-order valence-corrected chi connectivity index (χ1v) is 17.4. The molecule has 1 aliphatic carbocycles. The van der Waals surface area contributed by atoms with Crippen LogP contribution in [0.4, 0.5) is 10.1 Å². The van der Waals surface area contributed by atoms with Crippen molar-refractivity contribution in [2.24, 2.45) is 0 Å². The summed E-state index contributed by atoms with van der Waals surface area (Å²) in [5.41, 5.74) is 2.69. The fourth-order valence-corrected chi connectivity index (χ4v) is 6.92. The van der Waals surface area contributed by atoms with Gasteiger partial charge in [0.25, 0.3) is 0 Å². The second-order valence-corrected chi connectivity index (χ2v) is 13.8. The van der Waals surface area contributed by atoms with Crippen molar-refractivity contribution < 1.29 is 22.4 Å². The molecular formula is C34H41ClFN3O4S. The highest BCUT2D eigenvalue weighted by atomic mass is 35.5. The lowest BCUT2D eigenvalue weighted by molar-refractivity contribution is -0.141. The van der Waals surface area contributed by atoms with Crippen LogP contribution in [0.3, 0.4) is 0 Å². The van der Waals surface area contributed by atoms with Gasteiger partial charge in [-0.25, -0.2) is 12.8 Å². The van der Waals surface area contributed by atoms with Gasteiger partial charge in [0.05, 0.1) is 11.9 Å². The van der Waals surface area contributed by atoms with E-state index in [1.54, 1.807) is 42.2 Å². The number of hydrogen-bond acceptors (Lipinski definition) is 4. The number of nitrogens with one attached hydrogen (secondary N) is 1. The molecule has 3 aromatic carbocycles. The van der Waals surface area contributed by atoms with Crippen LogP contribution in [0.5, 0.6) is 0 Å². The van der Waals surface area contributed by atoms with E-state index in [4.69, 9.17) is 11.6 Å². The van der Waals surface area contributed by atoms with Crippen molar-refractivity contribution in [1.29, 1.82) is 0 Å². The number of hydrogen-bond donors (Lipinski definition) is 1. The van der Waals surface area contributed by atoms with Crippen LogP contribution in [-0.2, 0) is 32.6 Å². The molecule has 4 rings (SSSR count). The van der Waals surface area contributed by atoms with E-state index in [0.29, 0.717) is 28.3 Å². The molecule has 0 heterocycles. The van der Waals surface area contributed by atoms with Gasteiger partial charge in [0, 0.05) is 37.0 Å². The molecule has 3 aromatic rings. The quantitative estimate of drug-likeness (QED) is 0.233. The van der Waals surface area contributed by atoms with Crippen LogP contribution in [0.2, 0.25) is 5.02 Å². The Balaban J connectivity index is 1.60. The van der Waals surface area contributed by atoms with E-state index in [-0.39, 0.29) is 49.6 Å². The number of rotatable bonds is 13. The van der Waals surface area contributed by atoms with Gasteiger partial charge in [-0.1, -0.05) is 79.4 Å². The molecule has 10 heteroatoms. The Morgan fingerprint density at radius 2 is 1.64 bits per heavy atom. The second kappa shape index (κ2) is 15.5. The van der Waals surface area contributed by atoms with Gasteiger partial charge in [-0.15, -0.1) is 0 Å². The minimum Gasteiger partial charge on any atom is -0.352 e. The zero-order valence-electron chi connectivity index (χ0n) is 25.3. The molecule has 0 saturated heterocycles. The van der Waals surface area contributed by atoms with Gasteiger partial charge >= 0.3 is 0 Å². The fraction of sp³-hybridized carbons (Fsp3) is 0.412. The highest BCUT2D eigenvalue weighted by molar-refractivity contribution is 7.92. The Morgan fingerprint density at radius 1 is 0.955 bits per heavy atom. The van der Waals surface area contributed by atoms with Gasteiger partial charge in [-0.05, 0) is 67.1 Å². The average Bonchev–Trinajstić information content (AvgIpc) is 3.00. The summed E-state index contributed by atoms with van der Waals surface area (Å²) >= 11 is 6.28. The molecule has 0 aromatic heterocycles. The monoisotopic (exact) mass is 641 g/mol. The highest BCUT2D eigenvalue weighted by Gasteiger charge is 2.32. The third kappa shape index (κ3) is 9.29. The summed E-state index contributed by atoms with van der Waals surface area (Å²) in [6.07, 6.45) is 6.72. The third-order valence-electron chi connectivity index (χ3n) is 8.15. The maximum Gasteiger partial charge on any atom is 0.243 e. The Hall–Kier alpha value is -3.43. The number of nitrogens with zero attached hydrogens (tertiary/aromatic N) is 2. The highest BCUT2D eigenvalue weighted by Crippen LogP contribution is 2.29. The Morgan fingerprint density at radius 3 is 2.30 bits per heavy atom. The Labute approximate surface area is 265 Å². The Kier molecular flexibility index (Phi) is 11.8. The lowest BCUT2D eigenvalue weighted by Gasteiger charge is -2.34. The summed E-state index contributed by atoms with van der Waals surface area (Å²) < 4.78 is 40.5. The molecule has 2 amide bonds. The molecule has 0 aliphatic heterocycles. The van der Waals surface area contributed by atoms with Crippen LogP contribution in [0.15, 0.2) is 72.8 Å². The maximum absolute atomic E-state index is 14.0. The zero-order valence-corrected chi connectivity index (χ0v) is 26.9. The minimum absolute atomic E-state index is 0.00876. The lowest BCUT2D eigenvalue weighted by atomic mass is 9.94. The van der Waals surface area contributed by atoms with Crippen LogP contribution in [-0.4, -0.2) is 50.0 Å². The van der Waals surface area contributed by atoms with Crippen molar-refractivity contribution in [3.8, 4) is 0 Å². The SMILES string of the molecule is Cc1c(Cl)cccc1N(CCCC(=O)N(Cc1ccc(F)cc1)C(Cc1ccccc1)C(=O)NC1CCCCC1)S(C)(=O)=O.